The maximum absolute atomic E-state index is 11.8. The fourth-order valence-electron chi connectivity index (χ4n) is 2.17. The summed E-state index contributed by atoms with van der Waals surface area (Å²) >= 11 is 0. The first kappa shape index (κ1) is 13.7. The normalized spacial score (nSPS) is 18.8. The number of ether oxygens (including phenoxy) is 1. The Balaban J connectivity index is 1.90. The molecule has 0 spiro atoms. The summed E-state index contributed by atoms with van der Waals surface area (Å²) in [5.74, 6) is 0. The number of para-hydroxylation sites is 1. The highest BCUT2D eigenvalue weighted by atomic mass is 16.6. The minimum absolute atomic E-state index is 0.0993. The molecule has 1 aliphatic heterocycles. The summed E-state index contributed by atoms with van der Waals surface area (Å²) in [6.45, 7) is 6.34. The van der Waals surface area contributed by atoms with Crippen molar-refractivity contribution in [2.24, 2.45) is 0 Å². The third kappa shape index (κ3) is 4.16. The van der Waals surface area contributed by atoms with Crippen LogP contribution in [0.15, 0.2) is 24.3 Å². The summed E-state index contributed by atoms with van der Waals surface area (Å²) in [7, 11) is 0. The van der Waals surface area contributed by atoms with Gasteiger partial charge in [0.25, 0.3) is 0 Å². The molecule has 0 aromatic heterocycles. The minimum atomic E-state index is -0.453. The Labute approximate surface area is 114 Å². The number of hydrogen-bond acceptors (Lipinski definition) is 3. The van der Waals surface area contributed by atoms with Crippen LogP contribution < -0.4 is 10.6 Å². The summed E-state index contributed by atoms with van der Waals surface area (Å²) in [6, 6.07) is 8.36. The molecule has 0 fully saturated rings. The zero-order chi connectivity index (χ0) is 13.9. The van der Waals surface area contributed by atoms with Gasteiger partial charge in [-0.15, -0.1) is 0 Å². The maximum atomic E-state index is 11.8. The third-order valence-corrected chi connectivity index (χ3v) is 3.04. The molecule has 0 radical (unpaired) electrons. The predicted octanol–water partition coefficient (Wildman–Crippen LogP) is 2.94. The van der Waals surface area contributed by atoms with Crippen LogP contribution in [-0.4, -0.2) is 24.3 Å². The first-order valence-corrected chi connectivity index (χ1v) is 6.75. The number of alkyl carbamates (subject to hydrolysis) is 1. The lowest BCUT2D eigenvalue weighted by Crippen LogP contribution is -2.42. The van der Waals surface area contributed by atoms with Crippen LogP contribution in [0.2, 0.25) is 0 Å². The van der Waals surface area contributed by atoms with Gasteiger partial charge in [-0.2, -0.15) is 0 Å². The minimum Gasteiger partial charge on any atom is -0.444 e. The van der Waals surface area contributed by atoms with Gasteiger partial charge >= 0.3 is 6.09 Å². The predicted molar refractivity (Wildman–Crippen MR) is 76.4 cm³/mol. The molecule has 2 N–H and O–H groups in total. The van der Waals surface area contributed by atoms with E-state index in [1.165, 1.54) is 5.56 Å². The number of aryl methyl sites for hydroxylation is 1. The molecule has 0 bridgehead atoms. The quantitative estimate of drug-likeness (QED) is 0.818. The lowest BCUT2D eigenvalue weighted by molar-refractivity contribution is 0.0505. The van der Waals surface area contributed by atoms with Crippen LogP contribution in [0, 0.1) is 0 Å². The molecule has 0 saturated carbocycles. The third-order valence-electron chi connectivity index (χ3n) is 3.04. The lowest BCUT2D eigenvalue weighted by Gasteiger charge is -2.23. The monoisotopic (exact) mass is 262 g/mol. The van der Waals surface area contributed by atoms with Crippen molar-refractivity contribution >= 4 is 11.8 Å². The van der Waals surface area contributed by atoms with Gasteiger partial charge in [-0.3, -0.25) is 0 Å². The van der Waals surface area contributed by atoms with E-state index in [-0.39, 0.29) is 12.1 Å². The van der Waals surface area contributed by atoms with E-state index in [0.29, 0.717) is 0 Å². The van der Waals surface area contributed by atoms with Crippen molar-refractivity contribution in [1.82, 2.24) is 5.32 Å². The van der Waals surface area contributed by atoms with Gasteiger partial charge in [0.15, 0.2) is 0 Å². The van der Waals surface area contributed by atoms with Crippen molar-refractivity contribution in [3.8, 4) is 0 Å². The van der Waals surface area contributed by atoms with Crippen molar-refractivity contribution < 1.29 is 9.53 Å². The van der Waals surface area contributed by atoms with Gasteiger partial charge in [0.05, 0.1) is 0 Å². The van der Waals surface area contributed by atoms with Crippen LogP contribution in [0.4, 0.5) is 10.5 Å². The summed E-state index contributed by atoms with van der Waals surface area (Å²) in [4.78, 5) is 11.8. The Morgan fingerprint density at radius 3 is 2.84 bits per heavy atom. The highest BCUT2D eigenvalue weighted by Gasteiger charge is 2.21. The number of benzene rings is 1. The first-order chi connectivity index (χ1) is 8.94. The number of carbonyl (C=O) groups excluding carboxylic acids is 1. The van der Waals surface area contributed by atoms with Crippen LogP contribution in [0.5, 0.6) is 0 Å². The molecule has 0 aliphatic carbocycles. The second kappa shape index (κ2) is 5.51. The number of fused-ring (bicyclic) bond motifs is 1. The average molecular weight is 262 g/mol. The topological polar surface area (TPSA) is 50.4 Å². The Morgan fingerprint density at radius 1 is 1.37 bits per heavy atom. The molecule has 1 heterocycles. The van der Waals surface area contributed by atoms with E-state index in [1.807, 2.05) is 32.9 Å². The average Bonchev–Trinajstić information content (AvgIpc) is 2.50. The number of rotatable bonds is 1. The Morgan fingerprint density at radius 2 is 2.11 bits per heavy atom. The van der Waals surface area contributed by atoms with Gasteiger partial charge in [0.1, 0.15) is 5.60 Å². The molecule has 1 aromatic rings. The van der Waals surface area contributed by atoms with Crippen LogP contribution in [0.1, 0.15) is 32.8 Å². The molecule has 0 saturated heterocycles. The SMILES string of the molecule is CC(C)(C)OC(=O)NC1CCc2ccccc2NC1. The van der Waals surface area contributed by atoms with Crippen molar-refractivity contribution in [3.63, 3.8) is 0 Å². The van der Waals surface area contributed by atoms with Gasteiger partial charge in [-0.25, -0.2) is 4.79 Å². The van der Waals surface area contributed by atoms with Crippen LogP contribution >= 0.6 is 0 Å². The second-order valence-electron chi connectivity index (χ2n) is 5.92. The van der Waals surface area contributed by atoms with E-state index < -0.39 is 5.60 Å². The molecular weight excluding hydrogens is 240 g/mol. The number of nitrogens with one attached hydrogen (secondary N) is 2. The van der Waals surface area contributed by atoms with E-state index >= 15 is 0 Å². The first-order valence-electron chi connectivity index (χ1n) is 6.75. The second-order valence-corrected chi connectivity index (χ2v) is 5.92. The van der Waals surface area contributed by atoms with E-state index in [4.69, 9.17) is 4.74 Å². The molecular formula is C15H22N2O2. The number of carbonyl (C=O) groups is 1. The maximum Gasteiger partial charge on any atom is 0.407 e. The fourth-order valence-corrected chi connectivity index (χ4v) is 2.17. The van der Waals surface area contributed by atoms with Crippen LogP contribution in [0.25, 0.3) is 0 Å². The van der Waals surface area contributed by atoms with E-state index in [9.17, 15) is 4.79 Å². The van der Waals surface area contributed by atoms with Gasteiger partial charge in [-0.1, -0.05) is 18.2 Å². The highest BCUT2D eigenvalue weighted by Crippen LogP contribution is 2.21. The van der Waals surface area contributed by atoms with E-state index in [2.05, 4.69) is 22.8 Å². The smallest absolute Gasteiger partial charge is 0.407 e. The summed E-state index contributed by atoms with van der Waals surface area (Å²) < 4.78 is 5.28. The fraction of sp³-hybridized carbons (Fsp3) is 0.533. The molecule has 1 unspecified atom stereocenters. The summed E-state index contributed by atoms with van der Waals surface area (Å²) in [5, 5.41) is 6.30. The Bertz CT molecular complexity index is 425. The molecule has 1 atom stereocenters. The van der Waals surface area contributed by atoms with Crippen molar-refractivity contribution in [3.05, 3.63) is 29.8 Å². The van der Waals surface area contributed by atoms with E-state index in [1.54, 1.807) is 0 Å². The Hall–Kier alpha value is -1.71. The lowest BCUT2D eigenvalue weighted by atomic mass is 10.1. The van der Waals surface area contributed by atoms with Crippen molar-refractivity contribution in [2.75, 3.05) is 11.9 Å². The number of anilines is 1. The summed E-state index contributed by atoms with van der Waals surface area (Å²) in [6.07, 6.45) is 1.54. The molecule has 4 nitrogen and oxygen atoms in total. The van der Waals surface area contributed by atoms with Gasteiger partial charge in [0.2, 0.25) is 0 Å². The van der Waals surface area contributed by atoms with E-state index in [0.717, 1.165) is 25.1 Å². The molecule has 2 rings (SSSR count). The van der Waals surface area contributed by atoms with Gasteiger partial charge in [0, 0.05) is 18.3 Å². The molecule has 4 heteroatoms. The van der Waals surface area contributed by atoms with Crippen molar-refractivity contribution in [1.29, 1.82) is 0 Å². The largest absolute Gasteiger partial charge is 0.444 e. The van der Waals surface area contributed by atoms with Crippen LogP contribution in [-0.2, 0) is 11.2 Å². The zero-order valence-electron chi connectivity index (χ0n) is 11.8. The highest BCUT2D eigenvalue weighted by molar-refractivity contribution is 5.68. The zero-order valence-corrected chi connectivity index (χ0v) is 11.8. The van der Waals surface area contributed by atoms with Gasteiger partial charge in [-0.05, 0) is 45.2 Å². The molecule has 1 aromatic carbocycles. The number of amides is 1. The molecule has 1 amide bonds. The Kier molecular flexibility index (Phi) is 3.98. The number of hydrogen-bond donors (Lipinski definition) is 2. The van der Waals surface area contributed by atoms with Crippen LogP contribution in [0.3, 0.4) is 0 Å². The molecule has 19 heavy (non-hydrogen) atoms. The van der Waals surface area contributed by atoms with Gasteiger partial charge < -0.3 is 15.4 Å². The standard InChI is InChI=1S/C15H22N2O2/c1-15(2,3)19-14(18)17-12-9-8-11-6-4-5-7-13(11)16-10-12/h4-7,12,16H,8-10H2,1-3H3,(H,17,18). The summed E-state index contributed by atoms with van der Waals surface area (Å²) in [5.41, 5.74) is 2.01. The molecule has 104 valence electrons. The molecule has 1 aliphatic rings. The van der Waals surface area contributed by atoms with Crippen molar-refractivity contribution in [2.45, 2.75) is 45.3 Å².